The Morgan fingerprint density at radius 2 is 2.00 bits per heavy atom. The molecule has 1 saturated heterocycles. The normalized spacial score (nSPS) is 33.5. The van der Waals surface area contributed by atoms with Gasteiger partial charge in [-0.15, -0.1) is 0 Å². The number of ether oxygens (including phenoxy) is 2. The van der Waals surface area contributed by atoms with Crippen LogP contribution in [-0.2, 0) is 20.2 Å². The Hall–Kier alpha value is -0.130. The standard InChI is InChI=1S/C9H16O4S/c1-8(2)12-6-7(13-8)5-9(3-4-9)14(10)11/h7,14H,3-6H2,1-2H3. The molecular weight excluding hydrogens is 204 g/mol. The summed E-state index contributed by atoms with van der Waals surface area (Å²) < 4.78 is 32.5. The van der Waals surface area contributed by atoms with Crippen molar-refractivity contribution < 1.29 is 17.9 Å². The molecule has 1 atom stereocenters. The summed E-state index contributed by atoms with van der Waals surface area (Å²) in [4.78, 5) is 0. The largest absolute Gasteiger partial charge is 0.348 e. The zero-order chi connectivity index (χ0) is 10.4. The van der Waals surface area contributed by atoms with E-state index in [0.29, 0.717) is 13.0 Å². The van der Waals surface area contributed by atoms with Gasteiger partial charge in [-0.25, -0.2) is 8.42 Å². The topological polar surface area (TPSA) is 52.6 Å². The number of hydrogen-bond donors (Lipinski definition) is 1. The van der Waals surface area contributed by atoms with Crippen molar-refractivity contribution in [3.63, 3.8) is 0 Å². The van der Waals surface area contributed by atoms with E-state index in [2.05, 4.69) is 0 Å². The van der Waals surface area contributed by atoms with Crippen molar-refractivity contribution in [2.75, 3.05) is 6.61 Å². The Morgan fingerprint density at radius 3 is 2.36 bits per heavy atom. The highest BCUT2D eigenvalue weighted by atomic mass is 32.2. The maximum Gasteiger partial charge on any atom is 0.163 e. The van der Waals surface area contributed by atoms with Gasteiger partial charge in [0.1, 0.15) is 10.7 Å². The summed E-state index contributed by atoms with van der Waals surface area (Å²) in [7, 11) is -2.32. The second-order valence-electron chi connectivity index (χ2n) is 4.64. The van der Waals surface area contributed by atoms with Gasteiger partial charge in [0.25, 0.3) is 0 Å². The van der Waals surface area contributed by atoms with Gasteiger partial charge in [-0.1, -0.05) is 0 Å². The van der Waals surface area contributed by atoms with Gasteiger partial charge in [-0.05, 0) is 33.1 Å². The second-order valence-corrected chi connectivity index (χ2v) is 6.10. The van der Waals surface area contributed by atoms with Crippen molar-refractivity contribution in [3.8, 4) is 0 Å². The summed E-state index contributed by atoms with van der Waals surface area (Å²) >= 11 is 0. The first kappa shape index (κ1) is 10.4. The third-order valence-corrected chi connectivity index (χ3v) is 4.29. The van der Waals surface area contributed by atoms with Gasteiger partial charge >= 0.3 is 0 Å². The summed E-state index contributed by atoms with van der Waals surface area (Å²) in [5.74, 6) is -0.546. The van der Waals surface area contributed by atoms with Crippen LogP contribution in [0.4, 0.5) is 0 Å². The van der Waals surface area contributed by atoms with E-state index in [-0.39, 0.29) is 6.10 Å². The summed E-state index contributed by atoms with van der Waals surface area (Å²) in [6, 6.07) is 0. The molecule has 0 aromatic heterocycles. The average molecular weight is 220 g/mol. The maximum absolute atomic E-state index is 11.0. The fourth-order valence-corrected chi connectivity index (χ4v) is 2.72. The summed E-state index contributed by atoms with van der Waals surface area (Å²) in [6.45, 7) is 4.21. The molecule has 1 saturated carbocycles. The van der Waals surface area contributed by atoms with Crippen molar-refractivity contribution in [1.82, 2.24) is 0 Å². The molecule has 14 heavy (non-hydrogen) atoms. The van der Waals surface area contributed by atoms with E-state index in [9.17, 15) is 8.42 Å². The minimum atomic E-state index is -2.32. The van der Waals surface area contributed by atoms with Crippen molar-refractivity contribution in [3.05, 3.63) is 0 Å². The van der Waals surface area contributed by atoms with Crippen molar-refractivity contribution in [2.45, 2.75) is 49.7 Å². The van der Waals surface area contributed by atoms with Crippen LogP contribution < -0.4 is 0 Å². The molecule has 2 fully saturated rings. The molecule has 0 aromatic rings. The molecule has 0 spiro atoms. The molecule has 0 aromatic carbocycles. The van der Waals surface area contributed by atoms with Crippen molar-refractivity contribution in [1.29, 1.82) is 0 Å². The Morgan fingerprint density at radius 1 is 1.36 bits per heavy atom. The zero-order valence-corrected chi connectivity index (χ0v) is 9.38. The lowest BCUT2D eigenvalue weighted by Crippen LogP contribution is -2.25. The molecule has 2 aliphatic rings. The lowest BCUT2D eigenvalue weighted by Gasteiger charge is -2.18. The van der Waals surface area contributed by atoms with E-state index in [4.69, 9.17) is 9.47 Å². The van der Waals surface area contributed by atoms with Gasteiger partial charge in [-0.2, -0.15) is 0 Å². The zero-order valence-electron chi connectivity index (χ0n) is 8.49. The molecule has 1 aliphatic carbocycles. The Kier molecular flexibility index (Phi) is 2.36. The summed E-state index contributed by atoms with van der Waals surface area (Å²) in [5.41, 5.74) is 0. The molecule has 1 heterocycles. The molecule has 0 amide bonds. The predicted molar refractivity (Wildman–Crippen MR) is 51.8 cm³/mol. The van der Waals surface area contributed by atoms with Gasteiger partial charge in [0.2, 0.25) is 0 Å². The minimum absolute atomic E-state index is 0.0552. The van der Waals surface area contributed by atoms with Crippen molar-refractivity contribution in [2.24, 2.45) is 0 Å². The molecule has 5 heteroatoms. The van der Waals surface area contributed by atoms with Crippen LogP contribution in [0.15, 0.2) is 0 Å². The van der Waals surface area contributed by atoms with Gasteiger partial charge in [0.15, 0.2) is 5.79 Å². The van der Waals surface area contributed by atoms with Crippen LogP contribution in [0.1, 0.15) is 33.1 Å². The molecule has 1 unspecified atom stereocenters. The van der Waals surface area contributed by atoms with E-state index >= 15 is 0 Å². The van der Waals surface area contributed by atoms with E-state index in [0.717, 1.165) is 12.8 Å². The van der Waals surface area contributed by atoms with Crippen LogP contribution >= 0.6 is 0 Å². The summed E-state index contributed by atoms with van der Waals surface area (Å²) in [5, 5.41) is 0. The monoisotopic (exact) mass is 220 g/mol. The molecule has 0 bridgehead atoms. The third kappa shape index (κ3) is 1.94. The SMILES string of the molecule is CC1(C)OCC(CC2([SH](=O)=O)CC2)O1. The maximum atomic E-state index is 11.0. The third-order valence-electron chi connectivity index (χ3n) is 2.89. The predicted octanol–water partition coefficient (Wildman–Crippen LogP) is 0.672. The highest BCUT2D eigenvalue weighted by molar-refractivity contribution is 7.74. The lowest BCUT2D eigenvalue weighted by molar-refractivity contribution is -0.139. The number of rotatable bonds is 3. The molecule has 0 radical (unpaired) electrons. The van der Waals surface area contributed by atoms with E-state index < -0.39 is 21.2 Å². The first-order chi connectivity index (χ1) is 6.44. The highest BCUT2D eigenvalue weighted by Crippen LogP contribution is 2.45. The molecular formula is C9H16O4S. The number of hydrogen-bond acceptors (Lipinski definition) is 4. The average Bonchev–Trinajstić information content (AvgIpc) is 2.74. The smallest absolute Gasteiger partial charge is 0.163 e. The Bertz CT molecular complexity index is 296. The Labute approximate surface area is 85.5 Å². The first-order valence-corrected chi connectivity index (χ1v) is 6.08. The van der Waals surface area contributed by atoms with Crippen LogP contribution in [0.2, 0.25) is 0 Å². The van der Waals surface area contributed by atoms with Gasteiger partial charge in [0.05, 0.1) is 17.5 Å². The quantitative estimate of drug-likeness (QED) is 0.710. The fourth-order valence-electron chi connectivity index (χ4n) is 1.89. The summed E-state index contributed by atoms with van der Waals surface area (Å²) in [6.07, 6.45) is 2.10. The highest BCUT2D eigenvalue weighted by Gasteiger charge is 2.50. The fraction of sp³-hybridized carbons (Fsp3) is 1.00. The van der Waals surface area contributed by atoms with Crippen LogP contribution in [0.3, 0.4) is 0 Å². The molecule has 2 rings (SSSR count). The van der Waals surface area contributed by atoms with E-state index in [1.165, 1.54) is 0 Å². The van der Waals surface area contributed by atoms with E-state index in [1.807, 2.05) is 13.8 Å². The lowest BCUT2D eigenvalue weighted by atomic mass is 10.2. The minimum Gasteiger partial charge on any atom is -0.348 e. The van der Waals surface area contributed by atoms with Gasteiger partial charge in [-0.3, -0.25) is 0 Å². The molecule has 82 valence electrons. The molecule has 0 N–H and O–H groups in total. The van der Waals surface area contributed by atoms with Crippen LogP contribution in [0.5, 0.6) is 0 Å². The number of thiol groups is 1. The first-order valence-electron chi connectivity index (χ1n) is 4.90. The van der Waals surface area contributed by atoms with Crippen LogP contribution in [0.25, 0.3) is 0 Å². The Balaban J connectivity index is 1.94. The van der Waals surface area contributed by atoms with Gasteiger partial charge < -0.3 is 9.47 Å². The second kappa shape index (κ2) is 3.18. The molecule has 1 aliphatic heterocycles. The van der Waals surface area contributed by atoms with Crippen molar-refractivity contribution >= 4 is 10.7 Å². The van der Waals surface area contributed by atoms with E-state index in [1.54, 1.807) is 0 Å². The molecule has 4 nitrogen and oxygen atoms in total. The van der Waals surface area contributed by atoms with Crippen LogP contribution in [0, 0.1) is 0 Å². The van der Waals surface area contributed by atoms with Gasteiger partial charge in [0, 0.05) is 0 Å². The van der Waals surface area contributed by atoms with Crippen LogP contribution in [-0.4, -0.2) is 31.7 Å².